The second kappa shape index (κ2) is 9.54. The molecule has 32 heavy (non-hydrogen) atoms. The van der Waals surface area contributed by atoms with Crippen molar-refractivity contribution in [2.75, 3.05) is 13.2 Å². The van der Waals surface area contributed by atoms with Gasteiger partial charge in [-0.15, -0.1) is 0 Å². The third-order valence-corrected chi connectivity index (χ3v) is 4.60. The van der Waals surface area contributed by atoms with Crippen molar-refractivity contribution in [1.82, 2.24) is 4.90 Å². The highest BCUT2D eigenvalue weighted by Gasteiger charge is 2.48. The summed E-state index contributed by atoms with van der Waals surface area (Å²) in [5.41, 5.74) is 0.724. The van der Waals surface area contributed by atoms with Crippen molar-refractivity contribution >= 4 is 17.6 Å². The molecule has 0 radical (unpaired) electrons. The van der Waals surface area contributed by atoms with Gasteiger partial charge in [-0.05, 0) is 17.2 Å². The van der Waals surface area contributed by atoms with Crippen LogP contribution in [0.1, 0.15) is 22.7 Å². The lowest BCUT2D eigenvalue weighted by Gasteiger charge is -2.38. The van der Waals surface area contributed by atoms with E-state index in [0.29, 0.717) is 0 Å². The zero-order valence-electron chi connectivity index (χ0n) is 16.7. The Hall–Kier alpha value is -3.82. The summed E-state index contributed by atoms with van der Waals surface area (Å²) in [5, 5.41) is 15.6. The van der Waals surface area contributed by atoms with Crippen LogP contribution in [0.5, 0.6) is 5.75 Å². The molecule has 7 nitrogen and oxygen atoms in total. The van der Waals surface area contributed by atoms with Gasteiger partial charge in [0.2, 0.25) is 0 Å². The zero-order valence-corrected chi connectivity index (χ0v) is 16.7. The smallest absolute Gasteiger partial charge is 0.471 e. The van der Waals surface area contributed by atoms with Gasteiger partial charge in [0, 0.05) is 5.56 Å². The number of carboxylic acids is 1. The van der Waals surface area contributed by atoms with E-state index < -0.39 is 30.6 Å². The molecule has 1 heterocycles. The van der Waals surface area contributed by atoms with E-state index in [1.54, 1.807) is 0 Å². The summed E-state index contributed by atoms with van der Waals surface area (Å²) < 4.78 is 45.3. The van der Waals surface area contributed by atoms with Gasteiger partial charge in [0.1, 0.15) is 24.7 Å². The summed E-state index contributed by atoms with van der Waals surface area (Å²) in [4.78, 5) is 29.0. The number of carbonyl (C=O) groups excluding carboxylic acids is 2. The van der Waals surface area contributed by atoms with Crippen LogP contribution < -0.4 is 9.84 Å². The summed E-state index contributed by atoms with van der Waals surface area (Å²) in [6, 6.07) is 11.3. The van der Waals surface area contributed by atoms with E-state index in [9.17, 15) is 27.9 Å². The fourth-order valence-corrected chi connectivity index (χ4v) is 3.29. The van der Waals surface area contributed by atoms with E-state index >= 15 is 0 Å². The molecule has 0 bridgehead atoms. The first-order valence-electron chi connectivity index (χ1n) is 9.42. The molecule has 0 saturated heterocycles. The Bertz CT molecular complexity index is 1040. The maximum atomic E-state index is 13.2. The first-order chi connectivity index (χ1) is 15.2. The fourth-order valence-electron chi connectivity index (χ4n) is 3.29. The number of alkyl halides is 3. The lowest BCUT2D eigenvalue weighted by molar-refractivity contribution is -0.312. The van der Waals surface area contributed by atoms with Crippen molar-refractivity contribution in [3.63, 3.8) is 0 Å². The second-order valence-electron chi connectivity index (χ2n) is 6.77. The molecule has 1 aliphatic heterocycles. The van der Waals surface area contributed by atoms with Gasteiger partial charge in [-0.25, -0.2) is 0 Å². The Morgan fingerprint density at radius 1 is 1.19 bits per heavy atom. The Labute approximate surface area is 181 Å². The molecule has 1 unspecified atom stereocenters. The molecular weight excluding hydrogens is 429 g/mol. The molecule has 1 aliphatic rings. The van der Waals surface area contributed by atoms with Gasteiger partial charge < -0.3 is 24.4 Å². The molecule has 0 aromatic heterocycles. The number of nitrogens with zero attached hydrogens (tertiary/aromatic N) is 2. The number of carboxylic acid groups (broad SMARTS) is 1. The van der Waals surface area contributed by atoms with Crippen LogP contribution in [0.25, 0.3) is 0 Å². The molecular formula is C22H18F3N2O5-. The summed E-state index contributed by atoms with van der Waals surface area (Å²) in [6.45, 7) is 2.75. The van der Waals surface area contributed by atoms with E-state index in [1.165, 1.54) is 24.3 Å². The van der Waals surface area contributed by atoms with Gasteiger partial charge in [0.05, 0.1) is 18.6 Å². The zero-order chi connectivity index (χ0) is 23.3. The van der Waals surface area contributed by atoms with Crippen molar-refractivity contribution < 1.29 is 37.4 Å². The van der Waals surface area contributed by atoms with Gasteiger partial charge >= 0.3 is 12.1 Å². The molecule has 0 spiro atoms. The SMILES string of the molecule is C=CCON=C1CN(C(=O)C(F)(F)F)C(C(=O)[O-])c2cccc(OCc3ccccc3)c21. The van der Waals surface area contributed by atoms with Crippen LogP contribution >= 0.6 is 0 Å². The van der Waals surface area contributed by atoms with E-state index in [4.69, 9.17) is 9.57 Å². The first kappa shape index (κ1) is 22.9. The lowest BCUT2D eigenvalue weighted by Crippen LogP contribution is -2.53. The van der Waals surface area contributed by atoms with Crippen LogP contribution in [0.4, 0.5) is 13.2 Å². The topological polar surface area (TPSA) is 91.3 Å². The molecule has 1 atom stereocenters. The summed E-state index contributed by atoms with van der Waals surface area (Å²) in [7, 11) is 0. The fraction of sp³-hybridized carbons (Fsp3) is 0.227. The highest BCUT2D eigenvalue weighted by molar-refractivity contribution is 6.10. The molecule has 168 valence electrons. The number of ether oxygens (including phenoxy) is 1. The van der Waals surface area contributed by atoms with E-state index in [-0.39, 0.29) is 40.7 Å². The van der Waals surface area contributed by atoms with E-state index in [0.717, 1.165) is 5.56 Å². The Balaban J connectivity index is 2.08. The van der Waals surface area contributed by atoms with E-state index in [2.05, 4.69) is 11.7 Å². The predicted molar refractivity (Wildman–Crippen MR) is 105 cm³/mol. The van der Waals surface area contributed by atoms with Crippen molar-refractivity contribution in [1.29, 1.82) is 0 Å². The molecule has 0 aliphatic carbocycles. The number of oxime groups is 1. The molecule has 2 aromatic rings. The van der Waals surface area contributed by atoms with Gasteiger partial charge in [0.15, 0.2) is 0 Å². The average molecular weight is 447 g/mol. The normalized spacial score (nSPS) is 16.9. The Morgan fingerprint density at radius 2 is 1.91 bits per heavy atom. The Kier molecular flexibility index (Phi) is 6.82. The number of fused-ring (bicyclic) bond motifs is 1. The number of halogens is 3. The number of rotatable bonds is 7. The van der Waals surface area contributed by atoms with Gasteiger partial charge in [-0.2, -0.15) is 13.2 Å². The molecule has 0 fully saturated rings. The van der Waals surface area contributed by atoms with Crippen molar-refractivity contribution in [3.05, 3.63) is 77.9 Å². The van der Waals surface area contributed by atoms with Crippen LogP contribution in [0.15, 0.2) is 66.3 Å². The van der Waals surface area contributed by atoms with Gasteiger partial charge in [-0.3, -0.25) is 4.79 Å². The summed E-state index contributed by atoms with van der Waals surface area (Å²) in [5.74, 6) is -4.02. The lowest BCUT2D eigenvalue weighted by atomic mass is 9.90. The largest absolute Gasteiger partial charge is 0.548 e. The number of carbonyl (C=O) groups is 2. The Morgan fingerprint density at radius 3 is 2.53 bits per heavy atom. The third-order valence-electron chi connectivity index (χ3n) is 4.60. The number of amides is 1. The summed E-state index contributed by atoms with van der Waals surface area (Å²) in [6.07, 6.45) is -3.92. The number of hydrogen-bond acceptors (Lipinski definition) is 6. The first-order valence-corrected chi connectivity index (χ1v) is 9.42. The molecule has 2 aromatic carbocycles. The van der Waals surface area contributed by atoms with Gasteiger partial charge in [-0.1, -0.05) is 60.3 Å². The average Bonchev–Trinajstić information content (AvgIpc) is 2.76. The third kappa shape index (κ3) is 4.90. The quantitative estimate of drug-likeness (QED) is 0.369. The number of hydrogen-bond donors (Lipinski definition) is 0. The number of aliphatic carboxylic acids is 1. The maximum Gasteiger partial charge on any atom is 0.471 e. The minimum Gasteiger partial charge on any atom is -0.548 e. The number of benzene rings is 2. The molecule has 10 heteroatoms. The highest BCUT2D eigenvalue weighted by Crippen LogP contribution is 2.37. The van der Waals surface area contributed by atoms with Crippen LogP contribution in [-0.2, 0) is 21.0 Å². The molecule has 1 amide bonds. The predicted octanol–water partition coefficient (Wildman–Crippen LogP) is 2.37. The van der Waals surface area contributed by atoms with Crippen LogP contribution in [0, 0.1) is 0 Å². The van der Waals surface area contributed by atoms with Crippen LogP contribution in [-0.4, -0.2) is 41.8 Å². The minimum absolute atomic E-state index is 0.0526. The molecule has 3 rings (SSSR count). The van der Waals surface area contributed by atoms with Crippen molar-refractivity contribution in [2.24, 2.45) is 5.16 Å². The van der Waals surface area contributed by atoms with Crippen molar-refractivity contribution in [2.45, 2.75) is 18.8 Å². The molecule has 0 N–H and O–H groups in total. The standard InChI is InChI=1S/C22H19F3N2O5/c1-2-11-32-26-16-12-27(21(30)22(23,24)25)19(20(28)29)15-9-6-10-17(18(15)16)31-13-14-7-4-3-5-8-14/h2-10,19H,1,11-13H2,(H,28,29)/p-1. The van der Waals surface area contributed by atoms with Gasteiger partial charge in [0.25, 0.3) is 0 Å². The highest BCUT2D eigenvalue weighted by atomic mass is 19.4. The van der Waals surface area contributed by atoms with Crippen LogP contribution in [0.3, 0.4) is 0 Å². The van der Waals surface area contributed by atoms with Crippen molar-refractivity contribution in [3.8, 4) is 5.75 Å². The minimum atomic E-state index is -5.29. The van der Waals surface area contributed by atoms with Crippen LogP contribution in [0.2, 0.25) is 0 Å². The maximum absolute atomic E-state index is 13.2. The molecule has 0 saturated carbocycles. The monoisotopic (exact) mass is 447 g/mol. The summed E-state index contributed by atoms with van der Waals surface area (Å²) >= 11 is 0. The van der Waals surface area contributed by atoms with E-state index in [1.807, 2.05) is 30.3 Å². The second-order valence-corrected chi connectivity index (χ2v) is 6.77.